The predicted octanol–water partition coefficient (Wildman–Crippen LogP) is 7.35. The van der Waals surface area contributed by atoms with Gasteiger partial charge in [-0.15, -0.1) is 0 Å². The third kappa shape index (κ3) is 4.48. The van der Waals surface area contributed by atoms with Gasteiger partial charge >= 0.3 is 5.97 Å². The first-order valence-corrected chi connectivity index (χ1v) is 13.4. The first-order valence-electron chi connectivity index (χ1n) is 13.4. The molecule has 0 saturated heterocycles. The first kappa shape index (κ1) is 24.6. The van der Waals surface area contributed by atoms with Crippen LogP contribution in [-0.4, -0.2) is 30.2 Å². The Bertz CT molecular complexity index is 1810. The average Bonchev–Trinajstić information content (AvgIpc) is 3.48. The summed E-state index contributed by atoms with van der Waals surface area (Å²) in [6, 6.07) is 29.8. The van der Waals surface area contributed by atoms with Crippen molar-refractivity contribution in [2.24, 2.45) is 7.05 Å². The molecule has 6 heteroatoms. The van der Waals surface area contributed by atoms with Gasteiger partial charge in [0, 0.05) is 19.0 Å². The Morgan fingerprint density at radius 1 is 0.821 bits per heavy atom. The average molecular weight is 515 g/mol. The van der Waals surface area contributed by atoms with Crippen LogP contribution in [0, 0.1) is 0 Å². The van der Waals surface area contributed by atoms with Crippen LogP contribution in [0.1, 0.15) is 41.5 Å². The standard InChI is InChI=1S/C33H30N4O2/c1-3-4-17-30-34-27-19-18-23(32-35-26-15-8-9-16-28(26)36(32)2)20-29(27)37(30)21-24-13-10-14-25(31(24)33(38)39)22-11-6-5-7-12-22/h5-16,18-20H,3-4,17,21H2,1-2H3,(H,38,39). The molecular formula is C33H30N4O2. The maximum Gasteiger partial charge on any atom is 0.336 e. The van der Waals surface area contributed by atoms with Crippen LogP contribution in [0.5, 0.6) is 0 Å². The lowest BCUT2D eigenvalue weighted by Gasteiger charge is -2.15. The molecule has 6 nitrogen and oxygen atoms in total. The zero-order chi connectivity index (χ0) is 26.9. The normalized spacial score (nSPS) is 11.4. The summed E-state index contributed by atoms with van der Waals surface area (Å²) in [5.74, 6) is 0.929. The number of aromatic nitrogens is 4. The summed E-state index contributed by atoms with van der Waals surface area (Å²) in [6.45, 7) is 2.59. The van der Waals surface area contributed by atoms with E-state index in [1.165, 1.54) is 0 Å². The fourth-order valence-electron chi connectivity index (χ4n) is 5.43. The van der Waals surface area contributed by atoms with Gasteiger partial charge in [-0.2, -0.15) is 0 Å². The van der Waals surface area contributed by atoms with Gasteiger partial charge in [-0.25, -0.2) is 14.8 Å². The fourth-order valence-corrected chi connectivity index (χ4v) is 5.43. The molecule has 6 aromatic rings. The van der Waals surface area contributed by atoms with Crippen LogP contribution in [0.3, 0.4) is 0 Å². The summed E-state index contributed by atoms with van der Waals surface area (Å²) in [7, 11) is 2.03. The van der Waals surface area contributed by atoms with Crippen LogP contribution in [0.4, 0.5) is 0 Å². The molecule has 0 unspecified atom stereocenters. The van der Waals surface area contributed by atoms with Gasteiger partial charge in [-0.05, 0) is 53.4 Å². The Morgan fingerprint density at radius 3 is 2.36 bits per heavy atom. The summed E-state index contributed by atoms with van der Waals surface area (Å²) < 4.78 is 4.30. The molecule has 0 aliphatic rings. The number of rotatable bonds is 8. The third-order valence-electron chi connectivity index (χ3n) is 7.40. The van der Waals surface area contributed by atoms with Crippen molar-refractivity contribution in [3.05, 3.63) is 108 Å². The molecule has 0 amide bonds. The van der Waals surface area contributed by atoms with E-state index < -0.39 is 5.97 Å². The molecule has 0 aliphatic carbocycles. The van der Waals surface area contributed by atoms with Crippen LogP contribution in [0.15, 0.2) is 91.0 Å². The zero-order valence-corrected chi connectivity index (χ0v) is 22.1. The van der Waals surface area contributed by atoms with Crippen LogP contribution < -0.4 is 0 Å². The second-order valence-corrected chi connectivity index (χ2v) is 9.92. The van der Waals surface area contributed by atoms with E-state index in [4.69, 9.17) is 9.97 Å². The van der Waals surface area contributed by atoms with Gasteiger partial charge in [0.15, 0.2) is 0 Å². The SMILES string of the molecule is CCCCc1nc2ccc(-c3nc4ccccc4n3C)cc2n1Cc1cccc(-c2ccccc2)c1C(=O)O. The zero-order valence-electron chi connectivity index (χ0n) is 22.1. The summed E-state index contributed by atoms with van der Waals surface area (Å²) in [5.41, 5.74) is 7.62. The number of carboxylic acids is 1. The minimum absolute atomic E-state index is 0.332. The van der Waals surface area contributed by atoms with E-state index in [9.17, 15) is 9.90 Å². The van der Waals surface area contributed by atoms with E-state index >= 15 is 0 Å². The summed E-state index contributed by atoms with van der Waals surface area (Å²) in [4.78, 5) is 22.5. The minimum atomic E-state index is -0.927. The molecule has 0 radical (unpaired) electrons. The maximum absolute atomic E-state index is 12.6. The number of nitrogens with zero attached hydrogens (tertiary/aromatic N) is 4. The van der Waals surface area contributed by atoms with E-state index in [1.807, 2.05) is 73.8 Å². The quantitative estimate of drug-likeness (QED) is 0.231. The second-order valence-electron chi connectivity index (χ2n) is 9.92. The van der Waals surface area contributed by atoms with E-state index in [0.717, 1.165) is 75.2 Å². The van der Waals surface area contributed by atoms with Gasteiger partial charge in [-0.1, -0.05) is 74.0 Å². The van der Waals surface area contributed by atoms with Crippen LogP contribution in [-0.2, 0) is 20.0 Å². The fraction of sp³-hybridized carbons (Fsp3) is 0.182. The van der Waals surface area contributed by atoms with E-state index in [-0.39, 0.29) is 0 Å². The number of benzene rings is 4. The summed E-state index contributed by atoms with van der Waals surface area (Å²) in [6.07, 6.45) is 2.89. The Balaban J connectivity index is 1.51. The van der Waals surface area contributed by atoms with Crippen LogP contribution in [0.2, 0.25) is 0 Å². The molecule has 1 N–H and O–H groups in total. The lowest BCUT2D eigenvalue weighted by atomic mass is 9.95. The number of hydrogen-bond acceptors (Lipinski definition) is 3. The second kappa shape index (κ2) is 10.2. The Kier molecular flexibility index (Phi) is 6.45. The number of imidazole rings is 2. The number of aromatic carboxylic acids is 1. The van der Waals surface area contributed by atoms with Crippen LogP contribution in [0.25, 0.3) is 44.6 Å². The first-order chi connectivity index (χ1) is 19.0. The van der Waals surface area contributed by atoms with Crippen molar-refractivity contribution in [2.45, 2.75) is 32.7 Å². The molecule has 0 bridgehead atoms. The highest BCUT2D eigenvalue weighted by molar-refractivity contribution is 5.97. The summed E-state index contributed by atoms with van der Waals surface area (Å²) >= 11 is 0. The molecule has 2 aromatic heterocycles. The molecule has 6 rings (SSSR count). The third-order valence-corrected chi connectivity index (χ3v) is 7.40. The van der Waals surface area contributed by atoms with Crippen molar-refractivity contribution in [2.75, 3.05) is 0 Å². The Morgan fingerprint density at radius 2 is 1.59 bits per heavy atom. The van der Waals surface area contributed by atoms with E-state index in [2.05, 4.69) is 40.3 Å². The molecule has 0 spiro atoms. The van der Waals surface area contributed by atoms with Crippen molar-refractivity contribution < 1.29 is 9.90 Å². The molecule has 39 heavy (non-hydrogen) atoms. The lowest BCUT2D eigenvalue weighted by molar-refractivity contribution is 0.0696. The maximum atomic E-state index is 12.6. The number of carboxylic acid groups (broad SMARTS) is 1. The minimum Gasteiger partial charge on any atom is -0.478 e. The van der Waals surface area contributed by atoms with Crippen LogP contribution >= 0.6 is 0 Å². The number of aryl methyl sites for hydroxylation is 2. The monoisotopic (exact) mass is 514 g/mol. The highest BCUT2D eigenvalue weighted by Crippen LogP contribution is 2.31. The van der Waals surface area contributed by atoms with E-state index in [1.54, 1.807) is 0 Å². The molecular weight excluding hydrogens is 484 g/mol. The highest BCUT2D eigenvalue weighted by atomic mass is 16.4. The Hall–Kier alpha value is -4.71. The smallest absolute Gasteiger partial charge is 0.336 e. The van der Waals surface area contributed by atoms with E-state index in [0.29, 0.717) is 12.1 Å². The number of carbonyl (C=O) groups is 1. The topological polar surface area (TPSA) is 72.9 Å². The molecule has 0 saturated carbocycles. The highest BCUT2D eigenvalue weighted by Gasteiger charge is 2.20. The molecule has 2 heterocycles. The lowest BCUT2D eigenvalue weighted by Crippen LogP contribution is -2.11. The van der Waals surface area contributed by atoms with Gasteiger partial charge in [0.05, 0.1) is 34.2 Å². The van der Waals surface area contributed by atoms with Gasteiger partial charge in [-0.3, -0.25) is 0 Å². The summed E-state index contributed by atoms with van der Waals surface area (Å²) in [5, 5.41) is 10.3. The number of fused-ring (bicyclic) bond motifs is 2. The number of unbranched alkanes of at least 4 members (excludes halogenated alkanes) is 1. The molecule has 0 atom stereocenters. The largest absolute Gasteiger partial charge is 0.478 e. The molecule has 0 aliphatic heterocycles. The predicted molar refractivity (Wildman–Crippen MR) is 156 cm³/mol. The number of para-hydroxylation sites is 2. The van der Waals surface area contributed by atoms with Gasteiger partial charge in [0.1, 0.15) is 11.6 Å². The van der Waals surface area contributed by atoms with Crippen molar-refractivity contribution in [1.82, 2.24) is 19.1 Å². The van der Waals surface area contributed by atoms with Crippen molar-refractivity contribution in [3.63, 3.8) is 0 Å². The molecule has 0 fully saturated rings. The van der Waals surface area contributed by atoms with Gasteiger partial charge in [0.25, 0.3) is 0 Å². The Labute approximate surface area is 227 Å². The van der Waals surface area contributed by atoms with Crippen molar-refractivity contribution in [1.29, 1.82) is 0 Å². The molecule has 194 valence electrons. The van der Waals surface area contributed by atoms with Crippen molar-refractivity contribution in [3.8, 4) is 22.5 Å². The van der Waals surface area contributed by atoms with Crippen molar-refractivity contribution >= 4 is 28.0 Å². The van der Waals surface area contributed by atoms with Gasteiger partial charge in [0.2, 0.25) is 0 Å². The van der Waals surface area contributed by atoms with Gasteiger partial charge < -0.3 is 14.2 Å². The molecule has 4 aromatic carbocycles. The number of hydrogen-bond donors (Lipinski definition) is 1.